The van der Waals surface area contributed by atoms with Crippen LogP contribution in [0, 0.1) is 55.7 Å². The molecule has 1 amide bonds. The van der Waals surface area contributed by atoms with Crippen molar-refractivity contribution in [1.82, 2.24) is 4.90 Å². The van der Waals surface area contributed by atoms with E-state index in [9.17, 15) is 29.1 Å². The molecule has 1 N–H and O–H groups in total. The van der Waals surface area contributed by atoms with Crippen molar-refractivity contribution in [2.24, 2.45) is 44.3 Å². The van der Waals surface area contributed by atoms with E-state index >= 15 is 0 Å². The van der Waals surface area contributed by atoms with Gasteiger partial charge in [-0.1, -0.05) is 54.5 Å². The first-order valence-electron chi connectivity index (χ1n) is 15.3. The molecule has 7 heteroatoms. The largest absolute Gasteiger partial charge is 0.381 e. The Kier molecular flexibility index (Phi) is 6.50. The molecule has 0 aromatic carbocycles. The van der Waals surface area contributed by atoms with E-state index in [0.717, 1.165) is 37.7 Å². The van der Waals surface area contributed by atoms with Crippen LogP contribution in [0.5, 0.6) is 0 Å². The quantitative estimate of drug-likeness (QED) is 0.469. The Balaban J connectivity index is 1.64. The number of nitriles is 1. The number of carbonyl (C=O) groups is 3. The van der Waals surface area contributed by atoms with Crippen LogP contribution in [0.2, 0.25) is 0 Å². The summed E-state index contributed by atoms with van der Waals surface area (Å²) in [6, 6.07) is 2.14. The number of halogens is 1. The highest BCUT2D eigenvalue weighted by Crippen LogP contribution is 2.75. The molecule has 0 unspecified atom stereocenters. The van der Waals surface area contributed by atoms with Gasteiger partial charge in [0.25, 0.3) is 5.91 Å². The monoisotopic (exact) mass is 566 g/mol. The van der Waals surface area contributed by atoms with Crippen LogP contribution in [-0.2, 0) is 14.4 Å². The summed E-state index contributed by atoms with van der Waals surface area (Å²) in [4.78, 5) is 41.4. The minimum Gasteiger partial charge on any atom is -0.381 e. The maximum atomic E-state index is 14.5. The number of hydrogen-bond acceptors (Lipinski definition) is 5. The molecule has 0 heterocycles. The van der Waals surface area contributed by atoms with Crippen LogP contribution in [0.3, 0.4) is 0 Å². The number of rotatable bonds is 3. The first-order valence-corrected chi connectivity index (χ1v) is 15.3. The van der Waals surface area contributed by atoms with E-state index in [1.165, 1.54) is 4.90 Å². The fourth-order valence-electron chi connectivity index (χ4n) is 10.7. The standard InChI is InChI=1S/C34H47FN2O4/c1-28(2)22-9-10-32(6)23(31(22,5)16-21(19-36)27(28)40)15-25(38)34(41)24-17-29(3,20-37(8)26(39)18-35)11-12-30(24,4)13-14-33(32,34)7/h15-16,22,24,41H,9-14,17-18,20H2,1-8H3/t22-,24+,29-,30+,31-,32+,33-,34+/m0/s1. The van der Waals surface area contributed by atoms with Crippen LogP contribution in [0.4, 0.5) is 4.39 Å². The predicted octanol–water partition coefficient (Wildman–Crippen LogP) is 5.75. The smallest absolute Gasteiger partial charge is 0.253 e. The van der Waals surface area contributed by atoms with Gasteiger partial charge in [0.1, 0.15) is 11.7 Å². The summed E-state index contributed by atoms with van der Waals surface area (Å²) in [7, 11) is 1.63. The van der Waals surface area contributed by atoms with Crippen LogP contribution >= 0.6 is 0 Å². The first-order chi connectivity index (χ1) is 18.8. The maximum absolute atomic E-state index is 14.5. The van der Waals surface area contributed by atoms with E-state index in [0.29, 0.717) is 19.4 Å². The molecule has 5 rings (SSSR count). The molecule has 5 aliphatic carbocycles. The molecule has 0 bridgehead atoms. The van der Waals surface area contributed by atoms with Gasteiger partial charge < -0.3 is 10.0 Å². The lowest BCUT2D eigenvalue weighted by Crippen LogP contribution is -2.74. The molecule has 5 aliphatic rings. The lowest BCUT2D eigenvalue weighted by molar-refractivity contribution is -0.243. The highest BCUT2D eigenvalue weighted by atomic mass is 19.1. The Morgan fingerprint density at radius 2 is 1.68 bits per heavy atom. The van der Waals surface area contributed by atoms with Crippen LogP contribution in [0.25, 0.3) is 0 Å². The van der Waals surface area contributed by atoms with Crippen molar-refractivity contribution >= 4 is 17.5 Å². The molecule has 0 radical (unpaired) electrons. The zero-order chi connectivity index (χ0) is 30.6. The fraction of sp³-hybridized carbons (Fsp3) is 0.765. The Hall–Kier alpha value is -2.33. The second-order valence-corrected chi connectivity index (χ2v) is 16.1. The molecule has 41 heavy (non-hydrogen) atoms. The van der Waals surface area contributed by atoms with Gasteiger partial charge in [-0.15, -0.1) is 0 Å². The van der Waals surface area contributed by atoms with E-state index in [1.54, 1.807) is 13.1 Å². The number of allylic oxidation sites excluding steroid dienone is 3. The second kappa shape index (κ2) is 8.85. The van der Waals surface area contributed by atoms with Gasteiger partial charge in [-0.3, -0.25) is 14.4 Å². The molecule has 6 nitrogen and oxygen atoms in total. The van der Waals surface area contributed by atoms with Crippen molar-refractivity contribution in [3.8, 4) is 6.07 Å². The normalized spacial score (nSPS) is 46.6. The van der Waals surface area contributed by atoms with Crippen molar-refractivity contribution < 1.29 is 23.9 Å². The number of aliphatic hydroxyl groups is 1. The van der Waals surface area contributed by atoms with Gasteiger partial charge in [-0.05, 0) is 78.8 Å². The summed E-state index contributed by atoms with van der Waals surface area (Å²) in [6.07, 6.45) is 8.84. The highest BCUT2D eigenvalue weighted by molar-refractivity contribution is 6.05. The van der Waals surface area contributed by atoms with Crippen LogP contribution in [0.1, 0.15) is 93.4 Å². The van der Waals surface area contributed by atoms with Gasteiger partial charge in [0.15, 0.2) is 18.2 Å². The molecule has 0 aromatic heterocycles. The van der Waals surface area contributed by atoms with Crippen LogP contribution in [0.15, 0.2) is 23.3 Å². The molecular weight excluding hydrogens is 519 g/mol. The van der Waals surface area contributed by atoms with Crippen LogP contribution < -0.4 is 0 Å². The second-order valence-electron chi connectivity index (χ2n) is 16.1. The van der Waals surface area contributed by atoms with Crippen molar-refractivity contribution in [2.75, 3.05) is 20.3 Å². The maximum Gasteiger partial charge on any atom is 0.253 e. The van der Waals surface area contributed by atoms with E-state index in [4.69, 9.17) is 0 Å². The third kappa shape index (κ3) is 3.65. The summed E-state index contributed by atoms with van der Waals surface area (Å²) in [6.45, 7) is 13.9. The van der Waals surface area contributed by atoms with Gasteiger partial charge >= 0.3 is 0 Å². The summed E-state index contributed by atoms with van der Waals surface area (Å²) in [5.41, 5.74) is -3.78. The van der Waals surface area contributed by atoms with Crippen molar-refractivity contribution in [3.05, 3.63) is 23.3 Å². The molecule has 224 valence electrons. The number of carbonyl (C=O) groups excluding carboxylic acids is 3. The summed E-state index contributed by atoms with van der Waals surface area (Å²) < 4.78 is 13.2. The molecule has 0 aromatic rings. The molecular formula is C34H47FN2O4. The number of alkyl halides is 1. The van der Waals surface area contributed by atoms with E-state index < -0.39 is 39.8 Å². The lowest BCUT2D eigenvalue weighted by atomic mass is 9.33. The number of fused-ring (bicyclic) bond motifs is 7. The first kappa shape index (κ1) is 30.1. The minimum absolute atomic E-state index is 0.0584. The highest BCUT2D eigenvalue weighted by Gasteiger charge is 2.75. The Morgan fingerprint density at radius 3 is 2.29 bits per heavy atom. The third-order valence-corrected chi connectivity index (χ3v) is 13.5. The molecule has 0 saturated heterocycles. The van der Waals surface area contributed by atoms with Crippen LogP contribution in [-0.4, -0.2) is 53.3 Å². The molecule has 3 saturated carbocycles. The molecule has 3 fully saturated rings. The fourth-order valence-corrected chi connectivity index (χ4v) is 10.7. The molecule has 8 atom stereocenters. The van der Waals surface area contributed by atoms with Gasteiger partial charge in [-0.25, -0.2) is 4.39 Å². The lowest BCUT2D eigenvalue weighted by Gasteiger charge is -2.71. The number of Topliss-reactive ketones (excluding diaryl/α,β-unsaturated/α-hetero) is 1. The number of ketones is 2. The van der Waals surface area contributed by atoms with Crippen molar-refractivity contribution in [3.63, 3.8) is 0 Å². The number of hydrogen-bond donors (Lipinski definition) is 1. The predicted molar refractivity (Wildman–Crippen MR) is 154 cm³/mol. The zero-order valence-electron chi connectivity index (χ0n) is 26.1. The van der Waals surface area contributed by atoms with Gasteiger partial charge in [-0.2, -0.15) is 5.26 Å². The Labute approximate surface area is 244 Å². The summed E-state index contributed by atoms with van der Waals surface area (Å²) in [5, 5.41) is 22.9. The molecule has 0 aliphatic heterocycles. The summed E-state index contributed by atoms with van der Waals surface area (Å²) in [5.74, 6) is -1.34. The topological polar surface area (TPSA) is 98.5 Å². The molecule has 0 spiro atoms. The van der Waals surface area contributed by atoms with Gasteiger partial charge in [0.05, 0.1) is 5.57 Å². The average molecular weight is 567 g/mol. The van der Waals surface area contributed by atoms with E-state index in [1.807, 2.05) is 19.9 Å². The average Bonchev–Trinajstić information content (AvgIpc) is 2.90. The third-order valence-electron chi connectivity index (χ3n) is 13.5. The van der Waals surface area contributed by atoms with E-state index in [2.05, 4.69) is 40.7 Å². The number of nitrogens with zero attached hydrogens (tertiary/aromatic N) is 2. The van der Waals surface area contributed by atoms with E-state index in [-0.39, 0.29) is 39.8 Å². The number of amides is 1. The summed E-state index contributed by atoms with van der Waals surface area (Å²) >= 11 is 0. The van der Waals surface area contributed by atoms with Crippen molar-refractivity contribution in [1.29, 1.82) is 5.26 Å². The van der Waals surface area contributed by atoms with Gasteiger partial charge in [0, 0.05) is 35.8 Å². The Morgan fingerprint density at radius 1 is 1.05 bits per heavy atom. The Bertz CT molecular complexity index is 1330. The van der Waals surface area contributed by atoms with Gasteiger partial charge in [0.2, 0.25) is 0 Å². The SMILES string of the molecule is CN(C[C@@]1(C)CC[C@]2(C)CC[C@@]3(C)[C@]4(C)CC[C@H]5C(C)(C)C(=O)C(C#N)=C[C@]5(C)C4=CC(=O)[C@]3(O)[C@@H]2C1)C(=O)CF. The minimum atomic E-state index is -1.60. The van der Waals surface area contributed by atoms with Crippen molar-refractivity contribution in [2.45, 2.75) is 99.0 Å². The zero-order valence-corrected chi connectivity index (χ0v) is 26.1.